The normalized spacial score (nSPS) is 18.7. The highest BCUT2D eigenvalue weighted by atomic mass is 16.6. The highest BCUT2D eigenvalue weighted by Crippen LogP contribution is 2.22. The van der Waals surface area contributed by atoms with E-state index in [4.69, 9.17) is 23.5 Å². The maximum absolute atomic E-state index is 13.3. The molecule has 1 atom stereocenters. The van der Waals surface area contributed by atoms with Crippen molar-refractivity contribution in [2.45, 2.75) is 40.0 Å². The van der Waals surface area contributed by atoms with E-state index in [-0.39, 0.29) is 43.9 Å². The lowest BCUT2D eigenvalue weighted by Crippen LogP contribution is -2.41. The fourth-order valence-electron chi connectivity index (χ4n) is 4.15. The van der Waals surface area contributed by atoms with Gasteiger partial charge in [-0.2, -0.15) is 0 Å². The Morgan fingerprint density at radius 3 is 2.69 bits per heavy atom. The minimum Gasteiger partial charge on any atom is -0.497 e. The highest BCUT2D eigenvalue weighted by Gasteiger charge is 2.34. The Hall–Kier alpha value is -3.53. The maximum atomic E-state index is 13.3. The number of methoxy groups -OCH3 is 1. The smallest absolute Gasteiger partial charge is 0.293 e. The molecule has 2 aromatic rings. The minimum absolute atomic E-state index is 0.0892. The van der Waals surface area contributed by atoms with Gasteiger partial charge in [0.25, 0.3) is 5.91 Å². The Balaban J connectivity index is 1.56. The van der Waals surface area contributed by atoms with Crippen molar-refractivity contribution in [3.63, 3.8) is 0 Å². The second kappa shape index (κ2) is 10.8. The molecule has 0 saturated carbocycles. The summed E-state index contributed by atoms with van der Waals surface area (Å²) in [5.74, 6) is 1.38. The van der Waals surface area contributed by atoms with Crippen LogP contribution in [0.1, 0.15) is 29.5 Å². The van der Waals surface area contributed by atoms with E-state index in [2.05, 4.69) is 5.16 Å². The van der Waals surface area contributed by atoms with Crippen LogP contribution in [-0.4, -0.2) is 72.8 Å². The van der Waals surface area contributed by atoms with E-state index >= 15 is 0 Å². The molecule has 0 spiro atoms. The van der Waals surface area contributed by atoms with Gasteiger partial charge in [0, 0.05) is 25.2 Å². The van der Waals surface area contributed by atoms with Gasteiger partial charge in [0.05, 0.1) is 25.5 Å². The van der Waals surface area contributed by atoms with Crippen LogP contribution in [0.5, 0.6) is 5.75 Å². The van der Waals surface area contributed by atoms with Crippen LogP contribution in [0, 0.1) is 13.8 Å². The van der Waals surface area contributed by atoms with Crippen LogP contribution in [0.15, 0.2) is 40.3 Å². The lowest BCUT2D eigenvalue weighted by molar-refractivity contribution is -0.139. The van der Waals surface area contributed by atoms with Crippen molar-refractivity contribution in [3.05, 3.63) is 58.4 Å². The molecule has 2 aliphatic rings. The van der Waals surface area contributed by atoms with Crippen molar-refractivity contribution in [1.29, 1.82) is 0 Å². The van der Waals surface area contributed by atoms with Crippen molar-refractivity contribution in [2.24, 2.45) is 0 Å². The van der Waals surface area contributed by atoms with Gasteiger partial charge in [-0.15, -0.1) is 0 Å². The van der Waals surface area contributed by atoms with Crippen LogP contribution < -0.4 is 4.74 Å². The Morgan fingerprint density at radius 1 is 1.17 bits per heavy atom. The summed E-state index contributed by atoms with van der Waals surface area (Å²) in [6.07, 6.45) is -0.435. The number of benzene rings is 1. The number of hydrogen-bond donors (Lipinski definition) is 0. The fraction of sp³-hybridized carbons (Fsp3) is 0.480. The third-order valence-corrected chi connectivity index (χ3v) is 6.13. The molecule has 0 aliphatic carbocycles. The number of carbonyl (C=O) groups is 2. The van der Waals surface area contributed by atoms with E-state index in [1.165, 1.54) is 4.90 Å². The van der Waals surface area contributed by atoms with E-state index in [1.54, 1.807) is 18.9 Å². The molecule has 1 aromatic carbocycles. The molecule has 1 saturated heterocycles. The molecule has 2 amide bonds. The molecule has 10 nitrogen and oxygen atoms in total. The van der Waals surface area contributed by atoms with Gasteiger partial charge in [-0.1, -0.05) is 17.3 Å². The molecular formula is C25H31N3O7. The van der Waals surface area contributed by atoms with Crippen LogP contribution in [0.3, 0.4) is 0 Å². The summed E-state index contributed by atoms with van der Waals surface area (Å²) in [7, 11) is 1.60. The molecule has 0 radical (unpaired) electrons. The first-order valence-electron chi connectivity index (χ1n) is 11.6. The number of carbonyl (C=O) groups excluding carboxylic acids is 2. The van der Waals surface area contributed by atoms with E-state index in [1.807, 2.05) is 38.1 Å². The molecular weight excluding hydrogens is 454 g/mol. The van der Waals surface area contributed by atoms with Crippen LogP contribution >= 0.6 is 0 Å². The first-order valence-corrected chi connectivity index (χ1v) is 11.6. The average molecular weight is 486 g/mol. The zero-order valence-electron chi connectivity index (χ0n) is 20.5. The van der Waals surface area contributed by atoms with E-state index in [0.717, 1.165) is 16.8 Å². The summed E-state index contributed by atoms with van der Waals surface area (Å²) >= 11 is 0. The number of allylic oxidation sites excluding steroid dienone is 1. The zero-order chi connectivity index (χ0) is 24.9. The number of ether oxygens (including phenoxy) is 4. The number of rotatable bonds is 7. The van der Waals surface area contributed by atoms with Gasteiger partial charge in [-0.3, -0.25) is 9.59 Å². The van der Waals surface area contributed by atoms with Crippen LogP contribution in [0.25, 0.3) is 0 Å². The summed E-state index contributed by atoms with van der Waals surface area (Å²) in [6, 6.07) is 7.56. The van der Waals surface area contributed by atoms with Gasteiger partial charge >= 0.3 is 0 Å². The molecule has 0 bridgehead atoms. The average Bonchev–Trinajstić information content (AvgIpc) is 3.08. The third kappa shape index (κ3) is 5.76. The van der Waals surface area contributed by atoms with Crippen molar-refractivity contribution in [2.75, 3.05) is 40.0 Å². The van der Waals surface area contributed by atoms with E-state index < -0.39 is 6.10 Å². The summed E-state index contributed by atoms with van der Waals surface area (Å²) < 4.78 is 27.8. The second-order valence-electron chi connectivity index (χ2n) is 8.63. The predicted octanol–water partition coefficient (Wildman–Crippen LogP) is 2.33. The van der Waals surface area contributed by atoms with Crippen LogP contribution in [0.2, 0.25) is 0 Å². The largest absolute Gasteiger partial charge is 0.497 e. The number of amides is 2. The Kier molecular flexibility index (Phi) is 7.60. The van der Waals surface area contributed by atoms with Crippen molar-refractivity contribution < 1.29 is 33.1 Å². The highest BCUT2D eigenvalue weighted by molar-refractivity contribution is 5.95. The molecule has 3 heterocycles. The van der Waals surface area contributed by atoms with Crippen molar-refractivity contribution in [3.8, 4) is 5.75 Å². The molecule has 35 heavy (non-hydrogen) atoms. The summed E-state index contributed by atoms with van der Waals surface area (Å²) in [6.45, 7) is 7.12. The fourth-order valence-corrected chi connectivity index (χ4v) is 4.15. The van der Waals surface area contributed by atoms with Crippen molar-refractivity contribution >= 4 is 11.8 Å². The lowest BCUT2D eigenvalue weighted by atomic mass is 10.2. The molecule has 10 heteroatoms. The Morgan fingerprint density at radius 2 is 1.97 bits per heavy atom. The lowest BCUT2D eigenvalue weighted by Gasteiger charge is -2.27. The van der Waals surface area contributed by atoms with Gasteiger partial charge < -0.3 is 33.3 Å². The standard InChI is InChI=1S/C25H31N3O7/c1-16-22(17(2)35-26-16)15-34-21-12-27(11-19-6-5-7-20(10-19)31-4)23(29)14-28(13-21)25(30)24-18(3)32-8-9-33-24/h5-7,10,21H,8-9,11-15H2,1-4H3/t21-/m0/s1. The number of aromatic nitrogens is 1. The van der Waals surface area contributed by atoms with Gasteiger partial charge in [0.15, 0.2) is 0 Å². The topological polar surface area (TPSA) is 104 Å². The second-order valence-corrected chi connectivity index (χ2v) is 8.63. The van der Waals surface area contributed by atoms with Crippen molar-refractivity contribution in [1.82, 2.24) is 15.0 Å². The molecule has 188 valence electrons. The number of aryl methyl sites for hydroxylation is 2. The summed E-state index contributed by atoms with van der Waals surface area (Å²) in [5, 5.41) is 3.98. The van der Waals surface area contributed by atoms with Crippen LogP contribution in [0.4, 0.5) is 0 Å². The molecule has 0 unspecified atom stereocenters. The zero-order valence-corrected chi connectivity index (χ0v) is 20.5. The monoisotopic (exact) mass is 485 g/mol. The molecule has 0 N–H and O–H groups in total. The number of hydrogen-bond acceptors (Lipinski definition) is 8. The van der Waals surface area contributed by atoms with Crippen LogP contribution in [-0.2, 0) is 37.0 Å². The third-order valence-electron chi connectivity index (χ3n) is 6.13. The first-order chi connectivity index (χ1) is 16.9. The van der Waals surface area contributed by atoms with Gasteiger partial charge in [-0.05, 0) is 38.5 Å². The Labute approximate surface area is 204 Å². The Bertz CT molecular complexity index is 1090. The quantitative estimate of drug-likeness (QED) is 0.589. The van der Waals surface area contributed by atoms with Gasteiger partial charge in [0.1, 0.15) is 37.0 Å². The summed E-state index contributed by atoms with van der Waals surface area (Å²) in [5.41, 5.74) is 2.53. The summed E-state index contributed by atoms with van der Waals surface area (Å²) in [4.78, 5) is 29.7. The molecule has 1 fully saturated rings. The minimum atomic E-state index is -0.435. The van der Waals surface area contributed by atoms with Gasteiger partial charge in [0.2, 0.25) is 11.7 Å². The van der Waals surface area contributed by atoms with E-state index in [9.17, 15) is 9.59 Å². The molecule has 4 rings (SSSR count). The predicted molar refractivity (Wildman–Crippen MR) is 124 cm³/mol. The van der Waals surface area contributed by atoms with Gasteiger partial charge in [-0.25, -0.2) is 0 Å². The molecule has 2 aliphatic heterocycles. The van der Waals surface area contributed by atoms with E-state index in [0.29, 0.717) is 37.0 Å². The SMILES string of the molecule is COc1cccc(CN2C[C@H](OCc3c(C)noc3C)CN(C(=O)C3=C(C)OCCO3)CC2=O)c1. The maximum Gasteiger partial charge on any atom is 0.293 e. The number of nitrogens with zero attached hydrogens (tertiary/aromatic N) is 3. The molecule has 1 aromatic heterocycles. The first kappa shape index (κ1) is 24.6.